The average Bonchev–Trinajstić information content (AvgIpc) is 3.40. The van der Waals surface area contributed by atoms with Crippen molar-refractivity contribution in [2.45, 2.75) is 45.3 Å². The Kier molecular flexibility index (Phi) is 6.39. The van der Waals surface area contributed by atoms with E-state index in [2.05, 4.69) is 64.6 Å². The summed E-state index contributed by atoms with van der Waals surface area (Å²) in [6, 6.07) is 22.9. The highest BCUT2D eigenvalue weighted by Crippen LogP contribution is 2.34. The third kappa shape index (κ3) is 4.49. The number of anilines is 1. The van der Waals surface area contributed by atoms with Crippen LogP contribution in [0.4, 0.5) is 10.5 Å². The molecule has 0 N–H and O–H groups in total. The number of nitrogens with zero attached hydrogens (tertiary/aromatic N) is 5. The Morgan fingerprint density at radius 1 is 1.00 bits per heavy atom. The van der Waals surface area contributed by atoms with E-state index in [1.807, 2.05) is 41.3 Å². The van der Waals surface area contributed by atoms with Gasteiger partial charge in [0.15, 0.2) is 0 Å². The molecular weight excluding hydrogens is 482 g/mol. The molecule has 37 heavy (non-hydrogen) atoms. The molecule has 0 spiro atoms. The number of benzene rings is 2. The molecule has 2 aromatic carbocycles. The van der Waals surface area contributed by atoms with E-state index in [1.54, 1.807) is 0 Å². The number of urea groups is 1. The fourth-order valence-corrected chi connectivity index (χ4v) is 6.10. The lowest BCUT2D eigenvalue weighted by Crippen LogP contribution is -2.58. The van der Waals surface area contributed by atoms with E-state index >= 15 is 0 Å². The maximum Gasteiger partial charge on any atom is 0.325 e. The molecule has 0 radical (unpaired) electrons. The van der Waals surface area contributed by atoms with Gasteiger partial charge in [0, 0.05) is 60.7 Å². The minimum atomic E-state index is 0.134. The minimum Gasteiger partial charge on any atom is -0.316 e. The van der Waals surface area contributed by atoms with Gasteiger partial charge in [0.25, 0.3) is 0 Å². The Bertz CT molecular complexity index is 1400. The van der Waals surface area contributed by atoms with Crippen molar-refractivity contribution in [3.8, 4) is 11.3 Å². The highest BCUT2D eigenvalue weighted by atomic mass is 35.5. The second kappa shape index (κ2) is 9.84. The van der Waals surface area contributed by atoms with Gasteiger partial charge in [-0.1, -0.05) is 47.5 Å². The molecule has 0 aliphatic carbocycles. The van der Waals surface area contributed by atoms with Crippen molar-refractivity contribution in [2.75, 3.05) is 24.5 Å². The summed E-state index contributed by atoms with van der Waals surface area (Å²) in [5.41, 5.74) is 6.34. The van der Waals surface area contributed by atoms with Gasteiger partial charge in [-0.05, 0) is 63.1 Å². The first-order chi connectivity index (χ1) is 18.0. The summed E-state index contributed by atoms with van der Waals surface area (Å²) in [5.74, 6) is 0. The first-order valence-electron chi connectivity index (χ1n) is 13.1. The monoisotopic (exact) mass is 513 g/mol. The van der Waals surface area contributed by atoms with Crippen molar-refractivity contribution in [1.82, 2.24) is 19.2 Å². The van der Waals surface area contributed by atoms with Crippen molar-refractivity contribution in [3.05, 3.63) is 89.2 Å². The number of pyridine rings is 1. The van der Waals surface area contributed by atoms with Gasteiger partial charge in [-0.25, -0.2) is 9.78 Å². The first-order valence-corrected chi connectivity index (χ1v) is 13.5. The normalized spacial score (nSPS) is 19.5. The van der Waals surface area contributed by atoms with E-state index in [0.29, 0.717) is 6.54 Å². The summed E-state index contributed by atoms with van der Waals surface area (Å²) in [6.45, 7) is 7.31. The summed E-state index contributed by atoms with van der Waals surface area (Å²) >= 11 is 6.16. The number of imidazole rings is 1. The minimum absolute atomic E-state index is 0.134. The number of aromatic nitrogens is 2. The van der Waals surface area contributed by atoms with Crippen LogP contribution >= 0.6 is 11.6 Å². The summed E-state index contributed by atoms with van der Waals surface area (Å²) in [5, 5.41) is 0.721. The van der Waals surface area contributed by atoms with Crippen LogP contribution in [0.15, 0.2) is 72.9 Å². The number of carbonyl (C=O) groups is 1. The number of aryl methyl sites for hydroxylation is 1. The lowest BCUT2D eigenvalue weighted by molar-refractivity contribution is 0.0865. The van der Waals surface area contributed by atoms with Crippen LogP contribution in [0.1, 0.15) is 31.0 Å². The van der Waals surface area contributed by atoms with E-state index in [-0.39, 0.29) is 18.1 Å². The molecule has 2 saturated heterocycles. The molecule has 2 amide bonds. The van der Waals surface area contributed by atoms with E-state index in [0.717, 1.165) is 60.1 Å². The number of piperazine rings is 1. The molecule has 0 saturated carbocycles. The first kappa shape index (κ1) is 24.0. The Labute approximate surface area is 223 Å². The van der Waals surface area contributed by atoms with Gasteiger partial charge in [-0.2, -0.15) is 0 Å². The molecule has 4 aromatic rings. The molecule has 4 heterocycles. The van der Waals surface area contributed by atoms with Crippen LogP contribution in [0.3, 0.4) is 0 Å². The van der Waals surface area contributed by atoms with Gasteiger partial charge >= 0.3 is 6.03 Å². The zero-order chi connectivity index (χ0) is 25.5. The number of likely N-dealkylation sites (tertiary alicyclic amines) is 1. The number of hydrogen-bond acceptors (Lipinski definition) is 3. The van der Waals surface area contributed by atoms with Crippen LogP contribution in [-0.2, 0) is 6.54 Å². The van der Waals surface area contributed by atoms with Crippen LogP contribution in [0.25, 0.3) is 16.9 Å². The van der Waals surface area contributed by atoms with Gasteiger partial charge in [0.05, 0.1) is 11.4 Å². The van der Waals surface area contributed by atoms with E-state index in [1.165, 1.54) is 11.3 Å². The molecule has 2 bridgehead atoms. The molecule has 2 aliphatic rings. The lowest BCUT2D eigenvalue weighted by Gasteiger charge is -2.43. The number of hydrogen-bond donors (Lipinski definition) is 0. The van der Waals surface area contributed by atoms with Gasteiger partial charge in [-0.15, -0.1) is 0 Å². The highest BCUT2D eigenvalue weighted by Gasteiger charge is 2.44. The summed E-state index contributed by atoms with van der Waals surface area (Å²) in [6.07, 6.45) is 4.19. The Morgan fingerprint density at radius 2 is 1.70 bits per heavy atom. The lowest BCUT2D eigenvalue weighted by atomic mass is 10.1. The molecule has 2 unspecified atom stereocenters. The molecule has 2 fully saturated rings. The van der Waals surface area contributed by atoms with Gasteiger partial charge < -0.3 is 9.30 Å². The molecule has 2 atom stereocenters. The SMILES string of the molecule is CCN(C(=O)N1C2CCC1CN(Cc1c(-c3ccc(Cl)cc3)nc3ccccn13)C2)c1ccc(C)cc1. The fourth-order valence-electron chi connectivity index (χ4n) is 5.97. The zero-order valence-electron chi connectivity index (χ0n) is 21.3. The number of rotatable bonds is 5. The molecular formula is C30H32ClN5O. The van der Waals surface area contributed by atoms with Crippen LogP contribution in [-0.4, -0.2) is 56.9 Å². The van der Waals surface area contributed by atoms with Crippen molar-refractivity contribution < 1.29 is 4.79 Å². The smallest absolute Gasteiger partial charge is 0.316 e. The van der Waals surface area contributed by atoms with E-state index in [4.69, 9.17) is 16.6 Å². The largest absolute Gasteiger partial charge is 0.325 e. The zero-order valence-corrected chi connectivity index (χ0v) is 22.1. The number of fused-ring (bicyclic) bond motifs is 3. The van der Waals surface area contributed by atoms with Crippen molar-refractivity contribution in [1.29, 1.82) is 0 Å². The maximum atomic E-state index is 13.7. The molecule has 6 nitrogen and oxygen atoms in total. The number of amides is 2. The van der Waals surface area contributed by atoms with Crippen molar-refractivity contribution >= 4 is 29.0 Å². The Balaban J connectivity index is 1.25. The Morgan fingerprint density at radius 3 is 2.38 bits per heavy atom. The highest BCUT2D eigenvalue weighted by molar-refractivity contribution is 6.30. The Hall–Kier alpha value is -3.35. The third-order valence-corrected chi connectivity index (χ3v) is 8.04. The summed E-state index contributed by atoms with van der Waals surface area (Å²) in [4.78, 5) is 25.3. The predicted octanol–water partition coefficient (Wildman–Crippen LogP) is 6.26. The molecule has 6 rings (SSSR count). The molecule has 190 valence electrons. The van der Waals surface area contributed by atoms with Crippen LogP contribution in [0.5, 0.6) is 0 Å². The quantitative estimate of drug-likeness (QED) is 0.316. The third-order valence-electron chi connectivity index (χ3n) is 7.79. The van der Waals surface area contributed by atoms with Crippen molar-refractivity contribution in [2.24, 2.45) is 0 Å². The summed E-state index contributed by atoms with van der Waals surface area (Å²) in [7, 11) is 0. The number of halogens is 1. The standard InChI is InChI=1S/C30H32ClN5O/c1-3-34(24-13-7-21(2)8-14-24)30(37)36-25-15-16-26(36)19-33(18-25)20-27-29(22-9-11-23(31)12-10-22)32-28-6-4-5-17-35(27)28/h4-14,17,25-26H,3,15-16,18-20H2,1-2H3. The van der Waals surface area contributed by atoms with Crippen LogP contribution in [0.2, 0.25) is 5.02 Å². The van der Waals surface area contributed by atoms with E-state index < -0.39 is 0 Å². The van der Waals surface area contributed by atoms with Gasteiger partial charge in [0.1, 0.15) is 5.65 Å². The summed E-state index contributed by atoms with van der Waals surface area (Å²) < 4.78 is 2.19. The van der Waals surface area contributed by atoms with Gasteiger partial charge in [-0.3, -0.25) is 9.80 Å². The number of carbonyl (C=O) groups excluding carboxylic acids is 1. The van der Waals surface area contributed by atoms with Crippen LogP contribution < -0.4 is 4.90 Å². The van der Waals surface area contributed by atoms with Gasteiger partial charge in [0.2, 0.25) is 0 Å². The van der Waals surface area contributed by atoms with Crippen molar-refractivity contribution in [3.63, 3.8) is 0 Å². The molecule has 2 aliphatic heterocycles. The van der Waals surface area contributed by atoms with Crippen LogP contribution in [0, 0.1) is 6.92 Å². The second-order valence-electron chi connectivity index (χ2n) is 10.2. The molecule has 7 heteroatoms. The topological polar surface area (TPSA) is 44.1 Å². The second-order valence-corrected chi connectivity index (χ2v) is 10.6. The fraction of sp³-hybridized carbons (Fsp3) is 0.333. The predicted molar refractivity (Wildman–Crippen MR) is 149 cm³/mol. The van der Waals surface area contributed by atoms with E-state index in [9.17, 15) is 4.79 Å². The molecule has 2 aromatic heterocycles. The average molecular weight is 514 g/mol. The maximum absolute atomic E-state index is 13.7.